The first-order valence-corrected chi connectivity index (χ1v) is 17.9. The first-order valence-electron chi connectivity index (χ1n) is 17.9. The molecule has 0 aliphatic carbocycles. The highest BCUT2D eigenvalue weighted by Crippen LogP contribution is 2.24. The Balaban J connectivity index is 1.24. The topological polar surface area (TPSA) is 52.0 Å². The van der Waals surface area contributed by atoms with E-state index >= 15 is 0 Å². The molecule has 4 aromatic rings. The lowest BCUT2D eigenvalue weighted by Crippen LogP contribution is -2.05. The van der Waals surface area contributed by atoms with Crippen LogP contribution in [0.5, 0.6) is 0 Å². The van der Waals surface area contributed by atoms with E-state index in [2.05, 4.69) is 79.7 Å². The van der Waals surface area contributed by atoms with Crippen molar-refractivity contribution in [1.82, 2.24) is 0 Å². The molecule has 0 saturated heterocycles. The second-order valence-corrected chi connectivity index (χ2v) is 13.4. The predicted molar refractivity (Wildman–Crippen MR) is 197 cm³/mol. The molecule has 0 aliphatic heterocycles. The monoisotopic (exact) mass is 602 g/mol. The zero-order chi connectivity index (χ0) is 31.5. The lowest BCUT2D eigenvalue weighted by molar-refractivity contribution is 0.397. The molecule has 240 valence electrons. The molecule has 0 aromatic heterocycles. The number of anilines is 2. The number of benzene rings is 4. The molecule has 2 heteroatoms. The van der Waals surface area contributed by atoms with Crippen molar-refractivity contribution < 1.29 is 0 Å². The predicted octanol–water partition coefficient (Wildman–Crippen LogP) is 11.5. The molecular weight excluding hydrogens is 544 g/mol. The number of aryl methyl sites for hydroxylation is 2. The smallest absolute Gasteiger partial charge is 0.0314 e. The lowest BCUT2D eigenvalue weighted by atomic mass is 9.88. The number of nitrogens with two attached hydrogens (primary N) is 2. The maximum Gasteiger partial charge on any atom is 0.0314 e. The van der Waals surface area contributed by atoms with Crippen molar-refractivity contribution in [2.45, 2.75) is 116 Å². The van der Waals surface area contributed by atoms with Gasteiger partial charge in [0.05, 0.1) is 0 Å². The van der Waals surface area contributed by atoms with Gasteiger partial charge >= 0.3 is 0 Å². The molecule has 0 saturated carbocycles. The SMILES string of the molecule is CCCCCCCCCCCCC(CCc1ccc(Cc2ccc(N)cc2)cc1)CCc1ccc(Cc2ccc(N)cc2)cc1. The van der Waals surface area contributed by atoms with Gasteiger partial charge in [0.1, 0.15) is 0 Å². The van der Waals surface area contributed by atoms with Crippen molar-refractivity contribution in [1.29, 1.82) is 0 Å². The Kier molecular flexibility index (Phi) is 15.1. The highest BCUT2D eigenvalue weighted by atomic mass is 14.5. The molecule has 0 aliphatic rings. The van der Waals surface area contributed by atoms with Crippen LogP contribution in [-0.4, -0.2) is 0 Å². The van der Waals surface area contributed by atoms with Crippen molar-refractivity contribution in [2.24, 2.45) is 5.92 Å². The van der Waals surface area contributed by atoms with E-state index in [1.54, 1.807) is 0 Å². The van der Waals surface area contributed by atoms with E-state index in [1.807, 2.05) is 24.3 Å². The van der Waals surface area contributed by atoms with Gasteiger partial charge in [0.15, 0.2) is 0 Å². The number of hydrogen-bond donors (Lipinski definition) is 2. The molecule has 4 aromatic carbocycles. The first kappa shape index (κ1) is 34.4. The van der Waals surface area contributed by atoms with Gasteiger partial charge in [-0.1, -0.05) is 150 Å². The summed E-state index contributed by atoms with van der Waals surface area (Å²) >= 11 is 0. The zero-order valence-electron chi connectivity index (χ0n) is 28.0. The molecule has 0 amide bonds. The Bertz CT molecular complexity index is 1230. The molecule has 0 spiro atoms. The van der Waals surface area contributed by atoms with Crippen LogP contribution in [0.25, 0.3) is 0 Å². The Labute approximate surface area is 274 Å². The summed E-state index contributed by atoms with van der Waals surface area (Å²) in [5.74, 6) is 0.781. The number of unbranched alkanes of at least 4 members (excludes halogenated alkanes) is 9. The average Bonchev–Trinajstić information content (AvgIpc) is 3.06. The van der Waals surface area contributed by atoms with Crippen LogP contribution in [-0.2, 0) is 25.7 Å². The van der Waals surface area contributed by atoms with Gasteiger partial charge in [0.25, 0.3) is 0 Å². The molecule has 4 rings (SSSR count). The Morgan fingerprint density at radius 2 is 0.689 bits per heavy atom. The van der Waals surface area contributed by atoms with Crippen LogP contribution in [0.2, 0.25) is 0 Å². The van der Waals surface area contributed by atoms with Crippen molar-refractivity contribution in [3.05, 3.63) is 130 Å². The van der Waals surface area contributed by atoms with Crippen LogP contribution >= 0.6 is 0 Å². The van der Waals surface area contributed by atoms with Gasteiger partial charge < -0.3 is 11.5 Å². The summed E-state index contributed by atoms with van der Waals surface area (Å²) < 4.78 is 0. The molecule has 0 unspecified atom stereocenters. The maximum atomic E-state index is 5.86. The van der Waals surface area contributed by atoms with E-state index in [9.17, 15) is 0 Å². The highest BCUT2D eigenvalue weighted by Gasteiger charge is 2.11. The standard InChI is InChI=1S/C43H58N2/c1-2-3-4-5-6-7-8-9-10-11-12-35(13-15-36-17-21-38(22-18-36)33-40-25-29-42(44)30-26-40)14-16-37-19-23-39(24-20-37)34-41-27-31-43(45)32-28-41/h17-32,35H,2-16,33-34,44-45H2,1H3. The largest absolute Gasteiger partial charge is 0.399 e. The molecule has 45 heavy (non-hydrogen) atoms. The van der Waals surface area contributed by atoms with Gasteiger partial charge in [-0.05, 0) is 102 Å². The van der Waals surface area contributed by atoms with Gasteiger partial charge in [0, 0.05) is 11.4 Å². The fourth-order valence-electron chi connectivity index (χ4n) is 6.48. The molecule has 0 atom stereocenters. The summed E-state index contributed by atoms with van der Waals surface area (Å²) in [7, 11) is 0. The second-order valence-electron chi connectivity index (χ2n) is 13.4. The van der Waals surface area contributed by atoms with E-state index < -0.39 is 0 Å². The number of rotatable bonds is 21. The minimum Gasteiger partial charge on any atom is -0.399 e. The summed E-state index contributed by atoms with van der Waals surface area (Å²) in [6.45, 7) is 2.30. The summed E-state index contributed by atoms with van der Waals surface area (Å²) in [5, 5.41) is 0. The van der Waals surface area contributed by atoms with E-state index in [1.165, 1.54) is 130 Å². The fourth-order valence-corrected chi connectivity index (χ4v) is 6.48. The van der Waals surface area contributed by atoms with E-state index in [0.717, 1.165) is 30.1 Å². The normalized spacial score (nSPS) is 11.3. The maximum absolute atomic E-state index is 5.86. The quantitative estimate of drug-likeness (QED) is 0.0736. The minimum atomic E-state index is 0.781. The number of nitrogen functional groups attached to an aromatic ring is 2. The summed E-state index contributed by atoms with van der Waals surface area (Å²) in [6.07, 6.45) is 22.2. The summed E-state index contributed by atoms with van der Waals surface area (Å²) in [4.78, 5) is 0. The van der Waals surface area contributed by atoms with Gasteiger partial charge in [-0.3, -0.25) is 0 Å². The van der Waals surface area contributed by atoms with Gasteiger partial charge in [-0.15, -0.1) is 0 Å². The van der Waals surface area contributed by atoms with Crippen LogP contribution in [0.15, 0.2) is 97.1 Å². The van der Waals surface area contributed by atoms with E-state index in [4.69, 9.17) is 11.5 Å². The zero-order valence-corrected chi connectivity index (χ0v) is 28.0. The van der Waals surface area contributed by atoms with E-state index in [0.29, 0.717) is 0 Å². The van der Waals surface area contributed by atoms with Crippen LogP contribution in [0.1, 0.15) is 124 Å². The third-order valence-corrected chi connectivity index (χ3v) is 9.47. The lowest BCUT2D eigenvalue weighted by Gasteiger charge is -2.18. The molecule has 0 radical (unpaired) electrons. The molecule has 2 nitrogen and oxygen atoms in total. The molecule has 0 bridgehead atoms. The molecule has 0 fully saturated rings. The molecule has 4 N–H and O–H groups in total. The second kappa shape index (κ2) is 19.8. The van der Waals surface area contributed by atoms with Gasteiger partial charge in [0.2, 0.25) is 0 Å². The van der Waals surface area contributed by atoms with Crippen molar-refractivity contribution in [2.75, 3.05) is 11.5 Å². The average molecular weight is 603 g/mol. The van der Waals surface area contributed by atoms with Gasteiger partial charge in [-0.25, -0.2) is 0 Å². The minimum absolute atomic E-state index is 0.781. The Hall–Kier alpha value is -3.52. The first-order chi connectivity index (χ1) is 22.1. The van der Waals surface area contributed by atoms with Crippen LogP contribution in [0.4, 0.5) is 11.4 Å². The fraction of sp³-hybridized carbons (Fsp3) is 0.442. The van der Waals surface area contributed by atoms with Gasteiger partial charge in [-0.2, -0.15) is 0 Å². The van der Waals surface area contributed by atoms with Crippen molar-refractivity contribution in [3.8, 4) is 0 Å². The summed E-state index contributed by atoms with van der Waals surface area (Å²) in [5.41, 5.74) is 21.7. The van der Waals surface area contributed by atoms with Crippen molar-refractivity contribution >= 4 is 11.4 Å². The Morgan fingerprint density at radius 1 is 0.378 bits per heavy atom. The molecular formula is C43H58N2. The van der Waals surface area contributed by atoms with E-state index in [-0.39, 0.29) is 0 Å². The van der Waals surface area contributed by atoms with Crippen LogP contribution in [0.3, 0.4) is 0 Å². The third-order valence-electron chi connectivity index (χ3n) is 9.47. The number of hydrogen-bond acceptors (Lipinski definition) is 2. The Morgan fingerprint density at radius 3 is 1.07 bits per heavy atom. The highest BCUT2D eigenvalue weighted by molar-refractivity contribution is 5.41. The summed E-state index contributed by atoms with van der Waals surface area (Å²) in [6, 6.07) is 35.2. The molecule has 0 heterocycles. The third kappa shape index (κ3) is 13.6. The van der Waals surface area contributed by atoms with Crippen LogP contribution < -0.4 is 11.5 Å². The van der Waals surface area contributed by atoms with Crippen LogP contribution in [0, 0.1) is 5.92 Å². The van der Waals surface area contributed by atoms with Crippen molar-refractivity contribution in [3.63, 3.8) is 0 Å².